The van der Waals surface area contributed by atoms with Crippen LogP contribution in [0.1, 0.15) is 82.7 Å². The van der Waals surface area contributed by atoms with Crippen molar-refractivity contribution in [3.05, 3.63) is 82.1 Å². The number of piperidine rings is 2. The molecule has 9 heteroatoms. The Labute approximate surface area is 266 Å². The minimum atomic E-state index is -0.470. The van der Waals surface area contributed by atoms with Gasteiger partial charge in [0, 0.05) is 42.8 Å². The molecule has 2 saturated heterocycles. The first-order chi connectivity index (χ1) is 20.9. The van der Waals surface area contributed by atoms with Gasteiger partial charge in [0.25, 0.3) is 0 Å². The molecule has 5 rings (SSSR count). The molecule has 0 radical (unpaired) electrons. The summed E-state index contributed by atoms with van der Waals surface area (Å²) >= 11 is 6.27. The fraction of sp³-hybridized carbons (Fsp3) is 0.486. The molecular weight excluding hydrogens is 574 g/mol. The van der Waals surface area contributed by atoms with E-state index in [2.05, 4.69) is 41.9 Å². The molecule has 8 nitrogen and oxygen atoms in total. The van der Waals surface area contributed by atoms with Gasteiger partial charge in [0.15, 0.2) is 0 Å². The van der Waals surface area contributed by atoms with Crippen LogP contribution in [0.4, 0.5) is 10.7 Å². The summed E-state index contributed by atoms with van der Waals surface area (Å²) in [6, 6.07) is 17.6. The molecule has 2 aromatic carbocycles. The van der Waals surface area contributed by atoms with E-state index in [1.165, 1.54) is 0 Å². The van der Waals surface area contributed by atoms with Crippen molar-refractivity contribution in [1.29, 1.82) is 5.26 Å². The van der Waals surface area contributed by atoms with Crippen molar-refractivity contribution < 1.29 is 14.3 Å². The highest BCUT2D eigenvalue weighted by atomic mass is 35.5. The first-order valence-electron chi connectivity index (χ1n) is 15.4. The van der Waals surface area contributed by atoms with Crippen molar-refractivity contribution >= 4 is 23.6 Å². The maximum Gasteiger partial charge on any atom is 0.410 e. The molecule has 3 heterocycles. The average molecular weight is 616 g/mol. The van der Waals surface area contributed by atoms with Crippen LogP contribution < -0.4 is 9.64 Å². The van der Waals surface area contributed by atoms with Crippen LogP contribution in [0.2, 0.25) is 5.02 Å². The molecule has 0 bridgehead atoms. The van der Waals surface area contributed by atoms with Crippen LogP contribution in [0.15, 0.2) is 54.7 Å². The summed E-state index contributed by atoms with van der Waals surface area (Å²) < 4.78 is 11.7. The van der Waals surface area contributed by atoms with Gasteiger partial charge in [0.1, 0.15) is 18.0 Å². The maximum absolute atomic E-state index is 12.5. The first kappa shape index (κ1) is 31.6. The Kier molecular flexibility index (Phi) is 9.08. The lowest BCUT2D eigenvalue weighted by atomic mass is 9.71. The second kappa shape index (κ2) is 12.6. The fourth-order valence-corrected chi connectivity index (χ4v) is 6.33. The number of likely N-dealkylation sites (tertiary alicyclic amines) is 1. The molecule has 1 amide bonds. The number of amides is 1. The topological polar surface area (TPSA) is 91.6 Å². The van der Waals surface area contributed by atoms with Crippen LogP contribution in [-0.2, 0) is 16.8 Å². The van der Waals surface area contributed by atoms with Crippen LogP contribution in [0.25, 0.3) is 0 Å². The molecule has 0 atom stereocenters. The average Bonchev–Trinajstić information content (AvgIpc) is 3.00. The summed E-state index contributed by atoms with van der Waals surface area (Å²) in [7, 11) is 0. The Balaban J connectivity index is 1.14. The summed E-state index contributed by atoms with van der Waals surface area (Å²) in [6.45, 7) is 13.6. The highest BCUT2D eigenvalue weighted by molar-refractivity contribution is 6.30. The molecule has 0 saturated carbocycles. The number of anilines is 1. The molecule has 0 aliphatic carbocycles. The number of carbonyl (C=O) groups is 1. The monoisotopic (exact) mass is 615 g/mol. The quantitative estimate of drug-likeness (QED) is 0.283. The molecule has 44 heavy (non-hydrogen) atoms. The second-order valence-corrected chi connectivity index (χ2v) is 14.0. The summed E-state index contributed by atoms with van der Waals surface area (Å²) in [6.07, 6.45) is 5.74. The Bertz CT molecular complexity index is 1510. The van der Waals surface area contributed by atoms with Gasteiger partial charge >= 0.3 is 6.09 Å². The third kappa shape index (κ3) is 7.44. The largest absolute Gasteiger partial charge is 0.487 e. The Morgan fingerprint density at radius 3 is 2.25 bits per heavy atom. The molecule has 232 valence electrons. The zero-order chi connectivity index (χ0) is 31.5. The lowest BCUT2D eigenvalue weighted by Crippen LogP contribution is -2.49. The molecule has 2 fully saturated rings. The highest BCUT2D eigenvalue weighted by Crippen LogP contribution is 2.42. The number of rotatable bonds is 6. The Hall–Kier alpha value is -3.83. The van der Waals surface area contributed by atoms with Gasteiger partial charge < -0.3 is 19.3 Å². The molecule has 0 unspecified atom stereocenters. The van der Waals surface area contributed by atoms with Crippen molar-refractivity contribution in [2.45, 2.75) is 77.9 Å². The SMILES string of the molecule is CC(C)(C)OC(=O)N1CCC2(CC1)CCN(c1nccc(COc3ccc(C(C)(C)c4cc(Cl)cc(C#N)c4)cc3)n1)CC2. The van der Waals surface area contributed by atoms with Crippen molar-refractivity contribution in [1.82, 2.24) is 14.9 Å². The summed E-state index contributed by atoms with van der Waals surface area (Å²) in [4.78, 5) is 26.0. The number of nitrogens with zero attached hydrogens (tertiary/aromatic N) is 5. The van der Waals surface area contributed by atoms with Gasteiger partial charge in [0.05, 0.1) is 17.3 Å². The van der Waals surface area contributed by atoms with Gasteiger partial charge in [0.2, 0.25) is 5.95 Å². The number of halogens is 1. The normalized spacial score (nSPS) is 16.8. The molecule has 1 aromatic heterocycles. The predicted molar refractivity (Wildman–Crippen MR) is 172 cm³/mol. The number of ether oxygens (including phenoxy) is 2. The zero-order valence-electron chi connectivity index (χ0n) is 26.4. The Morgan fingerprint density at radius 1 is 0.955 bits per heavy atom. The van der Waals surface area contributed by atoms with E-state index in [1.807, 2.05) is 56.0 Å². The smallest absolute Gasteiger partial charge is 0.410 e. The van der Waals surface area contributed by atoms with Gasteiger partial charge in [-0.15, -0.1) is 0 Å². The summed E-state index contributed by atoms with van der Waals surface area (Å²) in [5, 5.41) is 9.91. The lowest BCUT2D eigenvalue weighted by molar-refractivity contribution is 0.00662. The molecule has 2 aliphatic heterocycles. The van der Waals surface area contributed by atoms with E-state index in [0.29, 0.717) is 17.2 Å². The third-order valence-electron chi connectivity index (χ3n) is 8.99. The minimum Gasteiger partial charge on any atom is -0.487 e. The molecule has 3 aromatic rings. The standard InChI is InChI=1S/C35H42ClN5O3/c1-33(2,3)44-32(42)41-18-13-35(14-19-41)11-16-40(17-12-35)31-38-15-10-29(39-31)24-43-30-8-6-26(7-9-30)34(4,5)27-20-25(23-37)21-28(36)22-27/h6-10,15,20-22H,11-14,16-19,24H2,1-5H3. The number of nitriles is 1. The van der Waals surface area contributed by atoms with Crippen LogP contribution >= 0.6 is 11.6 Å². The number of hydrogen-bond acceptors (Lipinski definition) is 7. The van der Waals surface area contributed by atoms with Gasteiger partial charge in [-0.25, -0.2) is 14.8 Å². The lowest BCUT2D eigenvalue weighted by Gasteiger charge is -2.46. The van der Waals surface area contributed by atoms with Crippen LogP contribution in [0, 0.1) is 16.7 Å². The van der Waals surface area contributed by atoms with Crippen molar-refractivity contribution in [3.63, 3.8) is 0 Å². The second-order valence-electron chi connectivity index (χ2n) is 13.6. The van der Waals surface area contributed by atoms with Gasteiger partial charge in [-0.2, -0.15) is 5.26 Å². The Morgan fingerprint density at radius 2 is 1.61 bits per heavy atom. The number of aromatic nitrogens is 2. The van der Waals surface area contributed by atoms with E-state index < -0.39 is 5.60 Å². The van der Waals surface area contributed by atoms with Gasteiger partial charge in [-0.3, -0.25) is 0 Å². The predicted octanol–water partition coefficient (Wildman–Crippen LogP) is 7.52. The fourth-order valence-electron chi connectivity index (χ4n) is 6.10. The number of hydrogen-bond donors (Lipinski definition) is 0. The van der Waals surface area contributed by atoms with Crippen molar-refractivity contribution in [2.75, 3.05) is 31.1 Å². The maximum atomic E-state index is 12.5. The van der Waals surface area contributed by atoms with Crippen LogP contribution in [0.5, 0.6) is 5.75 Å². The molecule has 0 N–H and O–H groups in total. The highest BCUT2D eigenvalue weighted by Gasteiger charge is 2.39. The summed E-state index contributed by atoms with van der Waals surface area (Å²) in [5.41, 5.74) is 2.92. The van der Waals surface area contributed by atoms with Crippen LogP contribution in [0.3, 0.4) is 0 Å². The summed E-state index contributed by atoms with van der Waals surface area (Å²) in [5.74, 6) is 1.49. The number of benzene rings is 2. The van der Waals surface area contributed by atoms with Gasteiger partial charge in [-0.1, -0.05) is 37.6 Å². The van der Waals surface area contributed by atoms with E-state index >= 15 is 0 Å². The zero-order valence-corrected chi connectivity index (χ0v) is 27.2. The van der Waals surface area contributed by atoms with E-state index in [9.17, 15) is 10.1 Å². The van der Waals surface area contributed by atoms with E-state index in [0.717, 1.165) is 80.4 Å². The van der Waals surface area contributed by atoms with E-state index in [4.69, 9.17) is 26.1 Å². The van der Waals surface area contributed by atoms with E-state index in [-0.39, 0.29) is 16.9 Å². The van der Waals surface area contributed by atoms with E-state index in [1.54, 1.807) is 12.3 Å². The third-order valence-corrected chi connectivity index (χ3v) is 9.21. The van der Waals surface area contributed by atoms with Crippen molar-refractivity contribution in [2.24, 2.45) is 5.41 Å². The van der Waals surface area contributed by atoms with Crippen molar-refractivity contribution in [3.8, 4) is 11.8 Å². The minimum absolute atomic E-state index is 0.204. The van der Waals surface area contributed by atoms with Crippen LogP contribution in [-0.4, -0.2) is 52.7 Å². The molecule has 2 aliphatic rings. The van der Waals surface area contributed by atoms with Gasteiger partial charge in [-0.05, 0) is 99.4 Å². The molecular formula is C35H42ClN5O3. The first-order valence-corrected chi connectivity index (χ1v) is 15.7. The number of carbonyl (C=O) groups excluding carboxylic acids is 1. The molecule has 1 spiro atoms.